The van der Waals surface area contributed by atoms with Gasteiger partial charge in [0.25, 0.3) is 0 Å². The molecule has 0 aliphatic rings. The van der Waals surface area contributed by atoms with Gasteiger partial charge in [0.2, 0.25) is 11.8 Å². The molecule has 0 aliphatic heterocycles. The molecule has 0 aromatic carbocycles. The van der Waals surface area contributed by atoms with E-state index in [4.69, 9.17) is 4.74 Å². The Morgan fingerprint density at radius 3 is 1.79 bits per heavy atom. The summed E-state index contributed by atoms with van der Waals surface area (Å²) >= 11 is 0. The zero-order valence-electron chi connectivity index (χ0n) is 17.1. The van der Waals surface area contributed by atoms with Crippen molar-refractivity contribution >= 4 is 23.8 Å². The maximum atomic E-state index is 12.6. The van der Waals surface area contributed by atoms with Gasteiger partial charge in [-0.2, -0.15) is 0 Å². The molecule has 1 unspecified atom stereocenters. The summed E-state index contributed by atoms with van der Waals surface area (Å²) < 4.78 is 4.87. The number of esters is 1. The summed E-state index contributed by atoms with van der Waals surface area (Å²) in [7, 11) is 0. The second kappa shape index (κ2) is 17.6. The van der Waals surface area contributed by atoms with E-state index in [9.17, 15) is 24.3 Å². The van der Waals surface area contributed by atoms with Crippen LogP contribution in [0.5, 0.6) is 0 Å². The molecular formula is C20H30NNaO6. The number of nitrogens with zero attached hydrogens (tertiary/aromatic N) is 1. The van der Waals surface area contributed by atoms with Crippen LogP contribution in [0.15, 0.2) is 25.3 Å². The molecule has 7 nitrogen and oxygen atoms in total. The summed E-state index contributed by atoms with van der Waals surface area (Å²) in [5.74, 6) is -3.60. The number of allylic oxidation sites excluding steroid dienone is 2. The van der Waals surface area contributed by atoms with Gasteiger partial charge in [0.1, 0.15) is 6.04 Å². The minimum atomic E-state index is -1.53. The number of unbranched alkanes of at least 4 members (excludes halogenated alkanes) is 4. The van der Waals surface area contributed by atoms with Gasteiger partial charge in [-0.15, -0.1) is 13.2 Å². The third-order valence-corrected chi connectivity index (χ3v) is 3.87. The van der Waals surface area contributed by atoms with Gasteiger partial charge in [-0.3, -0.25) is 14.5 Å². The Kier molecular flexibility index (Phi) is 18.1. The predicted molar refractivity (Wildman–Crippen MR) is 99.2 cm³/mol. The summed E-state index contributed by atoms with van der Waals surface area (Å²) in [6.45, 7) is 8.78. The van der Waals surface area contributed by atoms with Crippen molar-refractivity contribution in [3.8, 4) is 0 Å². The van der Waals surface area contributed by atoms with Crippen molar-refractivity contribution in [3.05, 3.63) is 25.3 Å². The van der Waals surface area contributed by atoms with Crippen molar-refractivity contribution < 1.29 is 58.6 Å². The van der Waals surface area contributed by atoms with Gasteiger partial charge in [0.05, 0.1) is 6.61 Å². The van der Waals surface area contributed by atoms with Crippen LogP contribution in [-0.4, -0.2) is 41.3 Å². The number of carboxylic acids is 1. The number of hydrogen-bond donors (Lipinski definition) is 0. The largest absolute Gasteiger partial charge is 1.00 e. The zero-order valence-corrected chi connectivity index (χ0v) is 19.1. The first-order chi connectivity index (χ1) is 12.9. The van der Waals surface area contributed by atoms with Crippen LogP contribution in [0.4, 0.5) is 0 Å². The molecule has 152 valence electrons. The van der Waals surface area contributed by atoms with E-state index >= 15 is 0 Å². The van der Waals surface area contributed by atoms with Crippen molar-refractivity contribution in [2.45, 2.75) is 70.8 Å². The van der Waals surface area contributed by atoms with Crippen molar-refractivity contribution in [2.24, 2.45) is 0 Å². The van der Waals surface area contributed by atoms with Crippen molar-refractivity contribution in [3.63, 3.8) is 0 Å². The van der Waals surface area contributed by atoms with Crippen LogP contribution >= 0.6 is 0 Å². The summed E-state index contributed by atoms with van der Waals surface area (Å²) in [4.78, 5) is 49.3. The molecule has 8 heteroatoms. The van der Waals surface area contributed by atoms with Crippen LogP contribution in [0, 0.1) is 0 Å². The Morgan fingerprint density at radius 2 is 1.43 bits per heavy atom. The van der Waals surface area contributed by atoms with Gasteiger partial charge >= 0.3 is 35.5 Å². The maximum Gasteiger partial charge on any atom is 1.00 e. The average molecular weight is 403 g/mol. The first-order valence-corrected chi connectivity index (χ1v) is 9.32. The Bertz CT molecular complexity index is 507. The first-order valence-electron chi connectivity index (χ1n) is 9.32. The van der Waals surface area contributed by atoms with Gasteiger partial charge in [0, 0.05) is 25.2 Å². The number of carbonyl (C=O) groups excluding carboxylic acids is 4. The number of aliphatic carboxylic acids is 1. The van der Waals surface area contributed by atoms with E-state index in [0.717, 1.165) is 17.7 Å². The molecule has 0 bridgehead atoms. The first kappa shape index (κ1) is 28.8. The topological polar surface area (TPSA) is 104 Å². The van der Waals surface area contributed by atoms with E-state index in [-0.39, 0.29) is 49.0 Å². The van der Waals surface area contributed by atoms with Crippen LogP contribution in [-0.2, 0) is 23.9 Å². The summed E-state index contributed by atoms with van der Waals surface area (Å²) in [5, 5.41) is 11.1. The van der Waals surface area contributed by atoms with Gasteiger partial charge in [-0.25, -0.2) is 4.79 Å². The number of imide groups is 1. The van der Waals surface area contributed by atoms with Gasteiger partial charge in [-0.1, -0.05) is 12.2 Å². The molecule has 0 aromatic rings. The molecule has 0 aromatic heterocycles. The second-order valence-electron chi connectivity index (χ2n) is 6.07. The van der Waals surface area contributed by atoms with Crippen molar-refractivity contribution in [1.82, 2.24) is 4.90 Å². The van der Waals surface area contributed by atoms with Crippen LogP contribution in [0.25, 0.3) is 0 Å². The van der Waals surface area contributed by atoms with E-state index in [1.807, 2.05) is 0 Å². The number of ether oxygens (including phenoxy) is 1. The van der Waals surface area contributed by atoms with E-state index in [1.54, 1.807) is 19.1 Å². The fourth-order valence-electron chi connectivity index (χ4n) is 2.53. The SMILES string of the molecule is C=CCCCCC(=O)N(C(=O)CCCCC=C)C(CC(=O)[O-])C(=O)OCC.[Na+]. The van der Waals surface area contributed by atoms with Crippen molar-refractivity contribution in [1.29, 1.82) is 0 Å². The normalized spacial score (nSPS) is 10.9. The Hall–Kier alpha value is -1.44. The van der Waals surface area contributed by atoms with E-state index in [1.165, 1.54) is 0 Å². The number of carbonyl (C=O) groups is 4. The molecule has 2 amide bonds. The van der Waals surface area contributed by atoms with E-state index in [0.29, 0.717) is 25.7 Å². The Labute approximate surface area is 189 Å². The van der Waals surface area contributed by atoms with Crippen molar-refractivity contribution in [2.75, 3.05) is 6.61 Å². The van der Waals surface area contributed by atoms with Gasteiger partial charge in [-0.05, 0) is 45.4 Å². The fraction of sp³-hybridized carbons (Fsp3) is 0.600. The molecule has 0 N–H and O–H groups in total. The van der Waals surface area contributed by atoms with Crippen LogP contribution in [0.3, 0.4) is 0 Å². The summed E-state index contributed by atoms with van der Waals surface area (Å²) in [6, 6.07) is -1.51. The van der Waals surface area contributed by atoms with E-state index in [2.05, 4.69) is 13.2 Å². The molecule has 0 heterocycles. The monoisotopic (exact) mass is 403 g/mol. The summed E-state index contributed by atoms with van der Waals surface area (Å²) in [5.41, 5.74) is 0. The Morgan fingerprint density at radius 1 is 0.964 bits per heavy atom. The Balaban J connectivity index is 0. The van der Waals surface area contributed by atoms with Crippen LogP contribution < -0.4 is 34.7 Å². The number of hydrogen-bond acceptors (Lipinski definition) is 6. The zero-order chi connectivity index (χ0) is 20.7. The standard InChI is InChI=1S/C20H31NO6.Na/c1-4-7-9-11-13-17(22)21(18(23)14-12-10-8-5-2)16(15-19(24)25)20(26)27-6-3;/h4-5,16H,1-2,6-15H2,3H3,(H,24,25);/q;+1/p-1. The molecule has 0 spiro atoms. The molecule has 28 heavy (non-hydrogen) atoms. The molecule has 0 saturated heterocycles. The smallest absolute Gasteiger partial charge is 0.550 e. The van der Waals surface area contributed by atoms with E-state index < -0.39 is 36.2 Å². The molecule has 0 aliphatic carbocycles. The predicted octanol–water partition coefficient (Wildman–Crippen LogP) is -1.09. The quantitative estimate of drug-likeness (QED) is 0.149. The maximum absolute atomic E-state index is 12.6. The van der Waals surface area contributed by atoms with Gasteiger partial charge < -0.3 is 14.6 Å². The molecule has 0 radical (unpaired) electrons. The minimum Gasteiger partial charge on any atom is -0.550 e. The third kappa shape index (κ3) is 12.1. The van der Waals surface area contributed by atoms with Gasteiger partial charge in [0.15, 0.2) is 0 Å². The summed E-state index contributed by atoms with van der Waals surface area (Å²) in [6.07, 6.45) is 6.63. The number of carboxylic acid groups (broad SMARTS) is 1. The third-order valence-electron chi connectivity index (χ3n) is 3.87. The number of rotatable bonds is 15. The molecule has 0 rings (SSSR count). The number of amides is 2. The molecule has 0 fully saturated rings. The molecular weight excluding hydrogens is 373 g/mol. The molecule has 1 atom stereocenters. The fourth-order valence-corrected chi connectivity index (χ4v) is 2.53. The minimum absolute atomic E-state index is 0. The van der Waals surface area contributed by atoms with Crippen LogP contribution in [0.2, 0.25) is 0 Å². The average Bonchev–Trinajstić information content (AvgIpc) is 2.61. The van der Waals surface area contributed by atoms with Crippen LogP contribution in [0.1, 0.15) is 64.7 Å². The second-order valence-corrected chi connectivity index (χ2v) is 6.07. The molecule has 0 saturated carbocycles.